The number of amides is 1. The zero-order valence-electron chi connectivity index (χ0n) is 14.5. The second-order valence-corrected chi connectivity index (χ2v) is 8.76. The minimum Gasteiger partial charge on any atom is -0.371 e. The molecule has 2 aromatic carbocycles. The zero-order valence-corrected chi connectivity index (χ0v) is 15.3. The highest BCUT2D eigenvalue weighted by Crippen LogP contribution is 2.24. The largest absolute Gasteiger partial charge is 0.371 e. The number of sulfone groups is 1. The molecule has 1 saturated heterocycles. The Balaban J connectivity index is 1.61. The first-order chi connectivity index (χ1) is 12.3. The molecule has 1 N–H and O–H groups in total. The molecule has 1 aliphatic heterocycles. The third kappa shape index (κ3) is 4.40. The maximum absolute atomic E-state index is 13.6. The van der Waals surface area contributed by atoms with Gasteiger partial charge in [0.2, 0.25) is 5.91 Å². The van der Waals surface area contributed by atoms with Crippen molar-refractivity contribution in [1.82, 2.24) is 0 Å². The van der Waals surface area contributed by atoms with E-state index >= 15 is 0 Å². The first-order valence-electron chi connectivity index (χ1n) is 8.41. The van der Waals surface area contributed by atoms with E-state index in [2.05, 4.69) is 5.32 Å². The number of halogens is 1. The van der Waals surface area contributed by atoms with Crippen molar-refractivity contribution in [2.75, 3.05) is 28.8 Å². The van der Waals surface area contributed by atoms with Crippen LogP contribution in [0.3, 0.4) is 0 Å². The van der Waals surface area contributed by atoms with Crippen LogP contribution in [0.2, 0.25) is 0 Å². The fraction of sp³-hybridized carbons (Fsp3) is 0.316. The average molecular weight is 376 g/mol. The molecule has 0 aliphatic carbocycles. The number of nitrogens with zero attached hydrogens (tertiary/aromatic N) is 1. The second kappa shape index (κ2) is 7.45. The van der Waals surface area contributed by atoms with Crippen molar-refractivity contribution < 1.29 is 17.6 Å². The molecule has 2 aromatic rings. The lowest BCUT2D eigenvalue weighted by Gasteiger charge is -2.25. The summed E-state index contributed by atoms with van der Waals surface area (Å²) < 4.78 is 36.9. The Hall–Kier alpha value is -2.41. The maximum Gasteiger partial charge on any atom is 0.228 e. The van der Waals surface area contributed by atoms with Crippen molar-refractivity contribution in [2.24, 2.45) is 0 Å². The number of carbonyl (C=O) groups is 1. The summed E-state index contributed by atoms with van der Waals surface area (Å²) in [4.78, 5) is 14.0. The molecule has 0 radical (unpaired) electrons. The van der Waals surface area contributed by atoms with E-state index in [1.807, 2.05) is 24.1 Å². The van der Waals surface area contributed by atoms with E-state index in [9.17, 15) is 17.6 Å². The van der Waals surface area contributed by atoms with Crippen LogP contribution in [-0.2, 0) is 21.1 Å². The Kier molecular flexibility index (Phi) is 5.27. The van der Waals surface area contributed by atoms with Crippen molar-refractivity contribution in [3.8, 4) is 0 Å². The molecule has 1 atom stereocenters. The van der Waals surface area contributed by atoms with Gasteiger partial charge in [-0.1, -0.05) is 18.2 Å². The van der Waals surface area contributed by atoms with Gasteiger partial charge in [-0.2, -0.15) is 0 Å². The van der Waals surface area contributed by atoms with Crippen LogP contribution in [0.1, 0.15) is 12.0 Å². The molecule has 1 heterocycles. The van der Waals surface area contributed by atoms with Crippen LogP contribution >= 0.6 is 0 Å². The van der Waals surface area contributed by atoms with Gasteiger partial charge in [0, 0.05) is 24.5 Å². The van der Waals surface area contributed by atoms with Crippen LogP contribution in [-0.4, -0.2) is 38.9 Å². The number of rotatable bonds is 5. The van der Waals surface area contributed by atoms with Crippen LogP contribution in [0, 0.1) is 5.82 Å². The molecule has 0 saturated carbocycles. The maximum atomic E-state index is 13.6. The number of benzene rings is 2. The van der Waals surface area contributed by atoms with Gasteiger partial charge in [0.05, 0.1) is 17.9 Å². The highest BCUT2D eigenvalue weighted by molar-refractivity contribution is 7.91. The van der Waals surface area contributed by atoms with E-state index < -0.39 is 15.7 Å². The Morgan fingerprint density at radius 3 is 2.50 bits per heavy atom. The topological polar surface area (TPSA) is 66.5 Å². The molecule has 5 nitrogen and oxygen atoms in total. The number of nitrogens with one attached hydrogen (secondary N) is 1. The predicted molar refractivity (Wildman–Crippen MR) is 101 cm³/mol. The Labute approximate surface area is 152 Å². The third-order valence-electron chi connectivity index (χ3n) is 4.62. The summed E-state index contributed by atoms with van der Waals surface area (Å²) in [6.07, 6.45) is 0.591. The van der Waals surface area contributed by atoms with Crippen molar-refractivity contribution in [3.63, 3.8) is 0 Å². The normalized spacial score (nSPS) is 18.5. The van der Waals surface area contributed by atoms with Crippen LogP contribution in [0.4, 0.5) is 15.8 Å². The van der Waals surface area contributed by atoms with Gasteiger partial charge in [0.1, 0.15) is 5.82 Å². The van der Waals surface area contributed by atoms with Crippen molar-refractivity contribution in [1.29, 1.82) is 0 Å². The van der Waals surface area contributed by atoms with Gasteiger partial charge >= 0.3 is 0 Å². The van der Waals surface area contributed by atoms with Gasteiger partial charge in [0.15, 0.2) is 9.84 Å². The molecule has 1 amide bonds. The van der Waals surface area contributed by atoms with Gasteiger partial charge in [0.25, 0.3) is 0 Å². The predicted octanol–water partition coefficient (Wildman–Crippen LogP) is 2.63. The lowest BCUT2D eigenvalue weighted by Crippen LogP contribution is -2.32. The summed E-state index contributed by atoms with van der Waals surface area (Å²) in [5.74, 6) is -0.291. The zero-order chi connectivity index (χ0) is 18.7. The molecule has 1 unspecified atom stereocenters. The van der Waals surface area contributed by atoms with Crippen LogP contribution in [0.5, 0.6) is 0 Å². The fourth-order valence-corrected chi connectivity index (χ4v) is 4.87. The number of carbonyl (C=O) groups excluding carboxylic acids is 1. The molecule has 0 spiro atoms. The molecule has 1 fully saturated rings. The standard InChI is InChI=1S/C19H21FN2O3S/c1-22(17-10-11-26(24,25)13-17)16-8-6-15(7-9-16)21-19(23)12-14-4-2-3-5-18(14)20/h2-9,17H,10-13H2,1H3,(H,21,23). The Bertz CT molecular complexity index is 897. The van der Waals surface area contributed by atoms with Gasteiger partial charge in [-0.05, 0) is 42.3 Å². The molecule has 7 heteroatoms. The summed E-state index contributed by atoms with van der Waals surface area (Å²) in [5, 5.41) is 2.75. The van der Waals surface area contributed by atoms with Crippen molar-refractivity contribution in [3.05, 3.63) is 59.9 Å². The molecule has 0 bridgehead atoms. The molecular weight excluding hydrogens is 355 g/mol. The molecule has 138 valence electrons. The summed E-state index contributed by atoms with van der Waals surface area (Å²) in [5.41, 5.74) is 1.85. The van der Waals surface area contributed by atoms with Crippen LogP contribution < -0.4 is 10.2 Å². The van der Waals surface area contributed by atoms with Gasteiger partial charge in [-0.25, -0.2) is 12.8 Å². The average Bonchev–Trinajstić information content (AvgIpc) is 2.97. The van der Waals surface area contributed by atoms with Crippen LogP contribution in [0.25, 0.3) is 0 Å². The SMILES string of the molecule is CN(c1ccc(NC(=O)Cc2ccccc2F)cc1)C1CCS(=O)(=O)C1. The summed E-state index contributed by atoms with van der Waals surface area (Å²) in [7, 11) is -1.06. The van der Waals surface area contributed by atoms with E-state index in [1.165, 1.54) is 6.07 Å². The molecule has 3 rings (SSSR count). The van der Waals surface area contributed by atoms with E-state index in [1.54, 1.807) is 30.3 Å². The van der Waals surface area contributed by atoms with E-state index in [-0.39, 0.29) is 29.9 Å². The first-order valence-corrected chi connectivity index (χ1v) is 10.2. The number of hydrogen-bond acceptors (Lipinski definition) is 4. The minimum absolute atomic E-state index is 0.0264. The van der Waals surface area contributed by atoms with Gasteiger partial charge in [-0.3, -0.25) is 4.79 Å². The van der Waals surface area contributed by atoms with E-state index in [4.69, 9.17) is 0 Å². The first kappa shape index (κ1) is 18.4. The highest BCUT2D eigenvalue weighted by Gasteiger charge is 2.30. The fourth-order valence-electron chi connectivity index (χ4n) is 3.09. The lowest BCUT2D eigenvalue weighted by molar-refractivity contribution is -0.115. The summed E-state index contributed by atoms with van der Waals surface area (Å²) in [6, 6.07) is 13.4. The van der Waals surface area contributed by atoms with Crippen LogP contribution in [0.15, 0.2) is 48.5 Å². The second-order valence-electron chi connectivity index (χ2n) is 6.53. The van der Waals surface area contributed by atoms with Gasteiger partial charge in [-0.15, -0.1) is 0 Å². The number of anilines is 2. The summed E-state index contributed by atoms with van der Waals surface area (Å²) >= 11 is 0. The Morgan fingerprint density at radius 2 is 1.88 bits per heavy atom. The molecule has 1 aliphatic rings. The summed E-state index contributed by atoms with van der Waals surface area (Å²) in [6.45, 7) is 0. The minimum atomic E-state index is -2.94. The number of hydrogen-bond donors (Lipinski definition) is 1. The van der Waals surface area contributed by atoms with E-state index in [0.717, 1.165) is 5.69 Å². The highest BCUT2D eigenvalue weighted by atomic mass is 32.2. The molecule has 26 heavy (non-hydrogen) atoms. The molecule has 0 aromatic heterocycles. The lowest BCUT2D eigenvalue weighted by atomic mass is 10.1. The quantitative estimate of drug-likeness (QED) is 0.871. The Morgan fingerprint density at radius 1 is 1.19 bits per heavy atom. The van der Waals surface area contributed by atoms with E-state index in [0.29, 0.717) is 17.7 Å². The molecular formula is C19H21FN2O3S. The third-order valence-corrected chi connectivity index (χ3v) is 6.37. The smallest absolute Gasteiger partial charge is 0.228 e. The van der Waals surface area contributed by atoms with Gasteiger partial charge < -0.3 is 10.2 Å². The van der Waals surface area contributed by atoms with Crippen molar-refractivity contribution >= 4 is 27.1 Å². The van der Waals surface area contributed by atoms with Crippen molar-refractivity contribution in [2.45, 2.75) is 18.9 Å². The monoisotopic (exact) mass is 376 g/mol.